The summed E-state index contributed by atoms with van der Waals surface area (Å²) in [7, 11) is 0. The number of hydrazine groups is 1. The summed E-state index contributed by atoms with van der Waals surface area (Å²) < 4.78 is 66.5. The van der Waals surface area contributed by atoms with E-state index >= 15 is 0 Å². The molecule has 13 heteroatoms. The normalized spacial score (nSPS) is 15.9. The summed E-state index contributed by atoms with van der Waals surface area (Å²) in [6.45, 7) is 0.407. The lowest BCUT2D eigenvalue weighted by Crippen LogP contribution is -2.37. The molecule has 1 aliphatic heterocycles. The number of aromatic carboxylic acids is 2. The number of nitrogens with one attached hydrogen (secondary N) is 1. The van der Waals surface area contributed by atoms with Crippen LogP contribution in [0, 0.1) is 0 Å². The molecule has 0 bridgehead atoms. The van der Waals surface area contributed by atoms with Crippen molar-refractivity contribution < 1.29 is 41.8 Å². The fourth-order valence-electron chi connectivity index (χ4n) is 2.49. The van der Waals surface area contributed by atoms with Crippen molar-refractivity contribution in [3.8, 4) is 0 Å². The number of anilines is 1. The van der Waals surface area contributed by atoms with Crippen molar-refractivity contribution in [2.24, 2.45) is 0 Å². The number of halogens is 6. The summed E-state index contributed by atoms with van der Waals surface area (Å²) in [5.41, 5.74) is -6.72. The number of aromatic nitrogens is 1. The Hall–Kier alpha value is -2.21. The Labute approximate surface area is 147 Å². The van der Waals surface area contributed by atoms with Gasteiger partial charge in [-0.3, -0.25) is 0 Å². The van der Waals surface area contributed by atoms with Crippen LogP contribution in [0.5, 0.6) is 0 Å². The molecule has 144 valence electrons. The second-order valence-electron chi connectivity index (χ2n) is 5.31. The first kappa shape index (κ1) is 20.1. The molecule has 1 aromatic rings. The number of carboxylic acids is 2. The molecule has 26 heavy (non-hydrogen) atoms. The van der Waals surface area contributed by atoms with E-state index in [1.54, 1.807) is 0 Å². The van der Waals surface area contributed by atoms with E-state index in [9.17, 15) is 41.8 Å². The third-order valence-electron chi connectivity index (χ3n) is 3.52. The molecule has 1 N–H and O–H groups in total. The minimum atomic E-state index is -5.50. The highest BCUT2D eigenvalue weighted by Crippen LogP contribution is 2.42. The number of carbonyl (C=O) groups is 2. The van der Waals surface area contributed by atoms with Gasteiger partial charge in [0.15, 0.2) is 5.69 Å². The Morgan fingerprint density at radius 1 is 1.00 bits per heavy atom. The fraction of sp³-hybridized carbons (Fsp3) is 0.462. The summed E-state index contributed by atoms with van der Waals surface area (Å²) in [6, 6.07) is 0. The maximum absolute atomic E-state index is 13.5. The predicted molar refractivity (Wildman–Crippen MR) is 72.1 cm³/mol. The summed E-state index contributed by atoms with van der Waals surface area (Å²) in [5, 5.41) is 19.1. The van der Waals surface area contributed by atoms with Crippen molar-refractivity contribution in [2.75, 3.05) is 18.5 Å². The molecule has 1 saturated heterocycles. The third-order valence-corrected chi connectivity index (χ3v) is 3.70. The molecule has 7 nitrogen and oxygen atoms in total. The van der Waals surface area contributed by atoms with E-state index in [0.29, 0.717) is 12.8 Å². The highest BCUT2D eigenvalue weighted by atomic mass is 35.5. The molecule has 0 spiro atoms. The van der Waals surface area contributed by atoms with Crippen LogP contribution in [0.2, 0.25) is 0 Å². The number of hydrogen-bond donors (Lipinski definition) is 1. The van der Waals surface area contributed by atoms with E-state index in [-0.39, 0.29) is 13.1 Å². The van der Waals surface area contributed by atoms with Gasteiger partial charge in [-0.2, -0.15) is 22.0 Å². The van der Waals surface area contributed by atoms with Gasteiger partial charge >= 0.3 is 11.6 Å². The highest BCUT2D eigenvalue weighted by molar-refractivity contribution is 6.22. The molecule has 2 heterocycles. The second kappa shape index (κ2) is 6.83. The van der Waals surface area contributed by atoms with Crippen LogP contribution in [0.25, 0.3) is 0 Å². The molecule has 1 fully saturated rings. The molecule has 0 radical (unpaired) electrons. The van der Waals surface area contributed by atoms with Crippen molar-refractivity contribution >= 4 is 29.2 Å². The van der Waals surface area contributed by atoms with Gasteiger partial charge in [0.25, 0.3) is 0 Å². The molecule has 2 rings (SSSR count). The minimum absolute atomic E-state index is 0.204. The average molecular weight is 402 g/mol. The van der Waals surface area contributed by atoms with Gasteiger partial charge in [0.1, 0.15) is 5.69 Å². The molecule has 0 unspecified atom stereocenters. The molecule has 0 aliphatic carbocycles. The topological polar surface area (TPSA) is 108 Å². The Bertz CT molecular complexity index is 695. The summed E-state index contributed by atoms with van der Waals surface area (Å²) >= 11 is 4.69. The number of carboxylic acid groups (broad SMARTS) is 2. The third kappa shape index (κ3) is 3.96. The quantitative estimate of drug-likeness (QED) is 0.566. The predicted octanol–water partition coefficient (Wildman–Crippen LogP) is 0.538. The number of rotatable bonds is 5. The maximum atomic E-state index is 13.5. The lowest BCUT2D eigenvalue weighted by atomic mass is 10.0. The molecule has 1 aromatic heterocycles. The largest absolute Gasteiger partial charge is 0.545 e. The van der Waals surface area contributed by atoms with Crippen LogP contribution in [-0.2, 0) is 11.6 Å². The average Bonchev–Trinajstić information content (AvgIpc) is 2.96. The zero-order valence-corrected chi connectivity index (χ0v) is 13.4. The van der Waals surface area contributed by atoms with Crippen LogP contribution in [0.1, 0.15) is 44.9 Å². The van der Waals surface area contributed by atoms with Crippen LogP contribution in [0.4, 0.5) is 27.6 Å². The second-order valence-corrected chi connectivity index (χ2v) is 5.79. The van der Waals surface area contributed by atoms with Gasteiger partial charge < -0.3 is 25.2 Å². The van der Waals surface area contributed by atoms with Gasteiger partial charge in [0.2, 0.25) is 0 Å². The molecular formula is C13H9ClF5N3O4-2. The molecular weight excluding hydrogens is 393 g/mol. The zero-order chi connectivity index (χ0) is 19.9. The van der Waals surface area contributed by atoms with Gasteiger partial charge in [0.05, 0.1) is 28.8 Å². The zero-order valence-electron chi connectivity index (χ0n) is 12.6. The van der Waals surface area contributed by atoms with Gasteiger partial charge in [-0.05, 0) is 24.4 Å². The van der Waals surface area contributed by atoms with Crippen LogP contribution in [0.3, 0.4) is 0 Å². The molecule has 0 aromatic carbocycles. The van der Waals surface area contributed by atoms with Gasteiger partial charge in [-0.1, -0.05) is 0 Å². The monoisotopic (exact) mass is 401 g/mol. The van der Waals surface area contributed by atoms with Crippen molar-refractivity contribution in [3.05, 3.63) is 22.5 Å². The van der Waals surface area contributed by atoms with E-state index in [0.717, 1.165) is 0 Å². The first-order valence-electron chi connectivity index (χ1n) is 7.00. The summed E-state index contributed by atoms with van der Waals surface area (Å²) in [6.07, 6.45) is -4.38. The van der Waals surface area contributed by atoms with Crippen LogP contribution in [0.15, 0.2) is 0 Å². The van der Waals surface area contributed by atoms with Gasteiger partial charge in [0, 0.05) is 13.1 Å². The van der Waals surface area contributed by atoms with Crippen LogP contribution in [-0.4, -0.2) is 35.0 Å². The lowest BCUT2D eigenvalue weighted by molar-refractivity contribution is -0.255. The maximum Gasteiger partial charge on any atom is 0.434 e. The Kier molecular flexibility index (Phi) is 5.29. The standard InChI is InChI=1S/C13H11ClF5N3O4/c14-12(15,16)8-5(10(23)24)7(21-22-3-1-2-4-22)6(11(25)26)9(20-8)13(17,18)19/h1-4H2,(H,20,21)(H,23,24)(H,25,26)/p-2. The Balaban J connectivity index is 2.88. The van der Waals surface area contributed by atoms with E-state index in [4.69, 9.17) is 11.6 Å². The molecule has 0 amide bonds. The van der Waals surface area contributed by atoms with Crippen molar-refractivity contribution in [1.29, 1.82) is 0 Å². The smallest absolute Gasteiger partial charge is 0.434 e. The van der Waals surface area contributed by atoms with Crippen LogP contribution < -0.4 is 15.6 Å². The SMILES string of the molecule is O=C([O-])c1c(C(F)(F)F)nc(C(F)(F)Cl)c(C(=O)[O-])c1NN1CCCC1. The van der Waals surface area contributed by atoms with Crippen LogP contribution >= 0.6 is 11.6 Å². The Morgan fingerprint density at radius 2 is 1.46 bits per heavy atom. The lowest BCUT2D eigenvalue weighted by Gasteiger charge is -2.28. The van der Waals surface area contributed by atoms with E-state index < -0.39 is 51.7 Å². The minimum Gasteiger partial charge on any atom is -0.545 e. The van der Waals surface area contributed by atoms with Gasteiger partial charge in [-0.25, -0.2) is 9.99 Å². The van der Waals surface area contributed by atoms with Crippen molar-refractivity contribution in [3.63, 3.8) is 0 Å². The number of alkyl halides is 6. The Morgan fingerprint density at radius 3 is 1.85 bits per heavy atom. The number of nitrogens with zero attached hydrogens (tertiary/aromatic N) is 2. The molecule has 0 saturated carbocycles. The van der Waals surface area contributed by atoms with Crippen molar-refractivity contribution in [2.45, 2.75) is 24.4 Å². The molecule has 0 atom stereocenters. The number of pyridine rings is 1. The molecule has 1 aliphatic rings. The van der Waals surface area contributed by atoms with Gasteiger partial charge in [-0.15, -0.1) is 0 Å². The highest BCUT2D eigenvalue weighted by Gasteiger charge is 2.44. The first-order chi connectivity index (χ1) is 11.8. The number of carbonyl (C=O) groups excluding carboxylic acids is 2. The van der Waals surface area contributed by atoms with Crippen molar-refractivity contribution in [1.82, 2.24) is 9.99 Å². The van der Waals surface area contributed by atoms with E-state index in [2.05, 4.69) is 10.4 Å². The first-order valence-corrected chi connectivity index (χ1v) is 7.38. The van der Waals surface area contributed by atoms with E-state index in [1.165, 1.54) is 5.01 Å². The number of hydrogen-bond acceptors (Lipinski definition) is 7. The fourth-order valence-corrected chi connectivity index (χ4v) is 2.63. The summed E-state index contributed by atoms with van der Waals surface area (Å²) in [5.74, 6) is -4.84. The summed E-state index contributed by atoms with van der Waals surface area (Å²) in [4.78, 5) is 25.0. The van der Waals surface area contributed by atoms with E-state index in [1.807, 2.05) is 0 Å².